The molecule has 2 rings (SSSR count). The fourth-order valence-electron chi connectivity index (χ4n) is 2.53. The summed E-state index contributed by atoms with van der Waals surface area (Å²) in [4.78, 5) is 14.1. The van der Waals surface area contributed by atoms with Gasteiger partial charge in [-0.1, -0.05) is 11.8 Å². The first-order chi connectivity index (χ1) is 12.6. The molecule has 1 amide bonds. The molecule has 7 nitrogen and oxygen atoms in total. The molecule has 1 aromatic carbocycles. The van der Waals surface area contributed by atoms with Crippen LogP contribution in [0.15, 0.2) is 29.4 Å². The number of hydrogen-bond donors (Lipinski definition) is 0. The van der Waals surface area contributed by atoms with Gasteiger partial charge in [0, 0.05) is 25.8 Å². The summed E-state index contributed by atoms with van der Waals surface area (Å²) in [7, 11) is 3.30. The number of ether oxygens (including phenoxy) is 2. The lowest BCUT2D eigenvalue weighted by molar-refractivity contribution is -0.127. The zero-order valence-electron chi connectivity index (χ0n) is 15.8. The van der Waals surface area contributed by atoms with E-state index >= 15 is 0 Å². The van der Waals surface area contributed by atoms with Gasteiger partial charge in [-0.15, -0.1) is 10.2 Å². The second kappa shape index (κ2) is 10.2. The Morgan fingerprint density at radius 3 is 2.42 bits per heavy atom. The van der Waals surface area contributed by atoms with E-state index in [0.717, 1.165) is 17.1 Å². The Hall–Kier alpha value is -2.06. The van der Waals surface area contributed by atoms with Crippen molar-refractivity contribution in [2.45, 2.75) is 25.5 Å². The first-order valence-corrected chi connectivity index (χ1v) is 9.60. The minimum Gasteiger partial charge on any atom is -0.497 e. The molecule has 26 heavy (non-hydrogen) atoms. The van der Waals surface area contributed by atoms with Crippen molar-refractivity contribution in [3.63, 3.8) is 0 Å². The lowest BCUT2D eigenvalue weighted by Gasteiger charge is -2.18. The van der Waals surface area contributed by atoms with Crippen LogP contribution in [0.3, 0.4) is 0 Å². The fourth-order valence-corrected chi connectivity index (χ4v) is 3.39. The maximum Gasteiger partial charge on any atom is 0.233 e. The standard InChI is InChI=1S/C18H26N4O3S/c1-5-21(6-2)16(23)13-26-18-20-19-17(22(18)11-12-24-3)14-7-9-15(25-4)10-8-14/h7-10H,5-6,11-13H2,1-4H3. The van der Waals surface area contributed by atoms with Crippen molar-refractivity contribution in [3.05, 3.63) is 24.3 Å². The van der Waals surface area contributed by atoms with E-state index in [-0.39, 0.29) is 5.91 Å². The minimum atomic E-state index is 0.104. The van der Waals surface area contributed by atoms with Gasteiger partial charge in [0.15, 0.2) is 11.0 Å². The van der Waals surface area contributed by atoms with Crippen molar-refractivity contribution in [1.82, 2.24) is 19.7 Å². The third kappa shape index (κ3) is 4.98. The third-order valence-electron chi connectivity index (χ3n) is 4.02. The summed E-state index contributed by atoms with van der Waals surface area (Å²) in [6.07, 6.45) is 0. The van der Waals surface area contributed by atoms with Gasteiger partial charge in [0.25, 0.3) is 0 Å². The van der Waals surface area contributed by atoms with Gasteiger partial charge in [-0.05, 0) is 38.1 Å². The average Bonchev–Trinajstić information content (AvgIpc) is 3.08. The largest absolute Gasteiger partial charge is 0.497 e. The topological polar surface area (TPSA) is 69.5 Å². The Balaban J connectivity index is 2.20. The number of thioether (sulfide) groups is 1. The molecule has 0 spiro atoms. The predicted molar refractivity (Wildman–Crippen MR) is 103 cm³/mol. The SMILES string of the molecule is CCN(CC)C(=O)CSc1nnc(-c2ccc(OC)cc2)n1CCOC. The van der Waals surface area contributed by atoms with Gasteiger partial charge >= 0.3 is 0 Å². The van der Waals surface area contributed by atoms with E-state index in [1.807, 2.05) is 47.6 Å². The highest BCUT2D eigenvalue weighted by Crippen LogP contribution is 2.25. The van der Waals surface area contributed by atoms with Crippen LogP contribution in [0.1, 0.15) is 13.8 Å². The smallest absolute Gasteiger partial charge is 0.233 e. The predicted octanol–water partition coefficient (Wildman–Crippen LogP) is 2.56. The Morgan fingerprint density at radius 1 is 1.15 bits per heavy atom. The number of aromatic nitrogens is 3. The highest BCUT2D eigenvalue weighted by Gasteiger charge is 2.17. The Labute approximate surface area is 158 Å². The molecular formula is C18H26N4O3S. The third-order valence-corrected chi connectivity index (χ3v) is 4.98. The zero-order chi connectivity index (χ0) is 18.9. The highest BCUT2D eigenvalue weighted by molar-refractivity contribution is 7.99. The maximum atomic E-state index is 12.3. The van der Waals surface area contributed by atoms with Crippen LogP contribution >= 0.6 is 11.8 Å². The van der Waals surface area contributed by atoms with Crippen molar-refractivity contribution in [3.8, 4) is 17.1 Å². The number of carbonyl (C=O) groups is 1. The normalized spacial score (nSPS) is 10.8. The van der Waals surface area contributed by atoms with E-state index in [9.17, 15) is 4.79 Å². The van der Waals surface area contributed by atoms with E-state index in [0.29, 0.717) is 37.2 Å². The molecule has 0 radical (unpaired) electrons. The minimum absolute atomic E-state index is 0.104. The Kier molecular flexibility index (Phi) is 7.93. The molecule has 0 saturated carbocycles. The number of carbonyl (C=O) groups excluding carboxylic acids is 1. The number of amides is 1. The number of nitrogens with zero attached hydrogens (tertiary/aromatic N) is 4. The maximum absolute atomic E-state index is 12.3. The van der Waals surface area contributed by atoms with Crippen molar-refractivity contribution < 1.29 is 14.3 Å². The van der Waals surface area contributed by atoms with E-state index in [1.54, 1.807) is 14.2 Å². The van der Waals surface area contributed by atoms with Crippen LogP contribution < -0.4 is 4.74 Å². The molecule has 1 aromatic heterocycles. The molecule has 142 valence electrons. The van der Waals surface area contributed by atoms with Crippen molar-refractivity contribution in [2.75, 3.05) is 39.7 Å². The average molecular weight is 378 g/mol. The van der Waals surface area contributed by atoms with Gasteiger partial charge in [-0.2, -0.15) is 0 Å². The number of hydrogen-bond acceptors (Lipinski definition) is 6. The molecule has 0 aliphatic carbocycles. The molecule has 0 aliphatic heterocycles. The van der Waals surface area contributed by atoms with Crippen LogP contribution in [0.5, 0.6) is 5.75 Å². The monoisotopic (exact) mass is 378 g/mol. The molecule has 0 saturated heterocycles. The first-order valence-electron chi connectivity index (χ1n) is 8.61. The second-order valence-corrected chi connectivity index (χ2v) is 6.48. The number of methoxy groups -OCH3 is 2. The second-order valence-electron chi connectivity index (χ2n) is 5.53. The molecule has 2 aromatic rings. The van der Waals surface area contributed by atoms with Crippen LogP contribution in [0.4, 0.5) is 0 Å². The van der Waals surface area contributed by atoms with Crippen LogP contribution in [-0.2, 0) is 16.1 Å². The molecule has 0 unspecified atom stereocenters. The summed E-state index contributed by atoms with van der Waals surface area (Å²) in [5.41, 5.74) is 0.941. The molecule has 0 bridgehead atoms. The first kappa shape index (κ1) is 20.3. The molecule has 0 N–H and O–H groups in total. The van der Waals surface area contributed by atoms with Crippen LogP contribution in [0, 0.1) is 0 Å². The van der Waals surface area contributed by atoms with E-state index in [1.165, 1.54) is 11.8 Å². The van der Waals surface area contributed by atoms with Crippen LogP contribution in [-0.4, -0.2) is 65.2 Å². The van der Waals surface area contributed by atoms with E-state index in [2.05, 4.69) is 10.2 Å². The lowest BCUT2D eigenvalue weighted by Crippen LogP contribution is -2.32. The zero-order valence-corrected chi connectivity index (χ0v) is 16.6. The summed E-state index contributed by atoms with van der Waals surface area (Å²) in [5.74, 6) is 1.99. The van der Waals surface area contributed by atoms with Gasteiger partial charge in [0.05, 0.1) is 26.0 Å². The summed E-state index contributed by atoms with van der Waals surface area (Å²) in [6.45, 7) is 6.54. The lowest BCUT2D eigenvalue weighted by atomic mass is 10.2. The molecule has 0 fully saturated rings. The quantitative estimate of drug-likeness (QED) is 0.592. The number of benzene rings is 1. The van der Waals surface area contributed by atoms with Crippen LogP contribution in [0.25, 0.3) is 11.4 Å². The molecule has 1 heterocycles. The van der Waals surface area contributed by atoms with Crippen molar-refractivity contribution in [2.24, 2.45) is 0 Å². The summed E-state index contributed by atoms with van der Waals surface area (Å²) < 4.78 is 12.4. The summed E-state index contributed by atoms with van der Waals surface area (Å²) in [6, 6.07) is 7.67. The molecular weight excluding hydrogens is 352 g/mol. The van der Waals surface area contributed by atoms with Gasteiger partial charge in [-0.3, -0.25) is 9.36 Å². The Morgan fingerprint density at radius 2 is 1.85 bits per heavy atom. The van der Waals surface area contributed by atoms with Gasteiger partial charge in [0.1, 0.15) is 5.75 Å². The van der Waals surface area contributed by atoms with Crippen molar-refractivity contribution in [1.29, 1.82) is 0 Å². The summed E-state index contributed by atoms with van der Waals surface area (Å²) in [5, 5.41) is 9.33. The summed E-state index contributed by atoms with van der Waals surface area (Å²) >= 11 is 1.41. The molecule has 0 aliphatic rings. The molecule has 8 heteroatoms. The van der Waals surface area contributed by atoms with Crippen molar-refractivity contribution >= 4 is 17.7 Å². The highest BCUT2D eigenvalue weighted by atomic mass is 32.2. The fraction of sp³-hybridized carbons (Fsp3) is 0.500. The van der Waals surface area contributed by atoms with Crippen LogP contribution in [0.2, 0.25) is 0 Å². The van der Waals surface area contributed by atoms with E-state index < -0.39 is 0 Å². The Bertz CT molecular complexity index is 699. The van der Waals surface area contributed by atoms with Gasteiger partial charge in [-0.25, -0.2) is 0 Å². The van der Waals surface area contributed by atoms with E-state index in [4.69, 9.17) is 9.47 Å². The van der Waals surface area contributed by atoms with Gasteiger partial charge < -0.3 is 14.4 Å². The van der Waals surface area contributed by atoms with Gasteiger partial charge in [0.2, 0.25) is 5.91 Å². The number of rotatable bonds is 10. The molecule has 0 atom stereocenters.